The van der Waals surface area contributed by atoms with Crippen LogP contribution in [0.5, 0.6) is 0 Å². The van der Waals surface area contributed by atoms with Gasteiger partial charge in [0.2, 0.25) is 0 Å². The first-order valence-electron chi connectivity index (χ1n) is 8.40. The van der Waals surface area contributed by atoms with Crippen LogP contribution >= 0.6 is 0 Å². The number of fused-ring (bicyclic) bond motifs is 3. The van der Waals surface area contributed by atoms with E-state index >= 15 is 0 Å². The molecular formula is C20H20N2O. The van der Waals surface area contributed by atoms with E-state index in [1.807, 2.05) is 30.3 Å². The number of rotatable bonds is 2. The van der Waals surface area contributed by atoms with Crippen molar-refractivity contribution < 1.29 is 4.79 Å². The normalized spacial score (nSPS) is 15.8. The van der Waals surface area contributed by atoms with Gasteiger partial charge in [0, 0.05) is 17.6 Å². The van der Waals surface area contributed by atoms with Gasteiger partial charge >= 0.3 is 0 Å². The number of carbonyl (C=O) groups is 1. The molecule has 1 aromatic heterocycles. The van der Waals surface area contributed by atoms with Crippen molar-refractivity contribution in [3.63, 3.8) is 0 Å². The van der Waals surface area contributed by atoms with E-state index in [1.165, 1.54) is 19.3 Å². The topological polar surface area (TPSA) is 42.0 Å². The second kappa shape index (κ2) is 5.99. The highest BCUT2D eigenvalue weighted by Crippen LogP contribution is 2.27. The first-order valence-corrected chi connectivity index (χ1v) is 8.40. The fraction of sp³-hybridized carbons (Fsp3) is 0.300. The number of benzene rings is 2. The van der Waals surface area contributed by atoms with E-state index in [-0.39, 0.29) is 5.91 Å². The Morgan fingerprint density at radius 1 is 1.00 bits per heavy atom. The van der Waals surface area contributed by atoms with Gasteiger partial charge in [0.15, 0.2) is 0 Å². The van der Waals surface area contributed by atoms with E-state index in [2.05, 4.69) is 22.4 Å². The summed E-state index contributed by atoms with van der Waals surface area (Å²) < 4.78 is 0. The molecule has 2 aromatic carbocycles. The van der Waals surface area contributed by atoms with Gasteiger partial charge in [-0.05, 0) is 35.7 Å². The molecule has 3 aromatic rings. The van der Waals surface area contributed by atoms with Crippen molar-refractivity contribution in [2.45, 2.75) is 38.1 Å². The summed E-state index contributed by atoms with van der Waals surface area (Å²) in [7, 11) is 0. The maximum absolute atomic E-state index is 12.8. The lowest BCUT2D eigenvalue weighted by Crippen LogP contribution is -2.36. The highest BCUT2D eigenvalue weighted by molar-refractivity contribution is 6.15. The summed E-state index contributed by atoms with van der Waals surface area (Å²) in [5, 5.41) is 6.48. The molecule has 1 saturated carbocycles. The zero-order chi connectivity index (χ0) is 15.6. The third kappa shape index (κ3) is 2.67. The Kier molecular flexibility index (Phi) is 3.70. The Hall–Kier alpha value is -2.42. The minimum Gasteiger partial charge on any atom is -0.349 e. The third-order valence-corrected chi connectivity index (χ3v) is 4.80. The van der Waals surface area contributed by atoms with Crippen LogP contribution in [-0.2, 0) is 0 Å². The van der Waals surface area contributed by atoms with E-state index in [9.17, 15) is 4.79 Å². The van der Waals surface area contributed by atoms with Crippen LogP contribution in [0.1, 0.15) is 42.5 Å². The van der Waals surface area contributed by atoms with Crippen LogP contribution in [0.15, 0.2) is 48.7 Å². The number of carbonyl (C=O) groups excluding carboxylic acids is 1. The second-order valence-electron chi connectivity index (χ2n) is 6.35. The van der Waals surface area contributed by atoms with Crippen molar-refractivity contribution in [2.24, 2.45) is 0 Å². The van der Waals surface area contributed by atoms with Crippen LogP contribution in [0.4, 0.5) is 0 Å². The molecule has 0 spiro atoms. The molecule has 1 heterocycles. The smallest absolute Gasteiger partial charge is 0.253 e. The summed E-state index contributed by atoms with van der Waals surface area (Å²) in [5.74, 6) is 0.00588. The van der Waals surface area contributed by atoms with E-state index in [0.717, 1.165) is 34.5 Å². The Morgan fingerprint density at radius 3 is 2.65 bits per heavy atom. The van der Waals surface area contributed by atoms with Gasteiger partial charge in [0.1, 0.15) is 0 Å². The van der Waals surface area contributed by atoms with Gasteiger partial charge in [0.05, 0.1) is 11.1 Å². The maximum Gasteiger partial charge on any atom is 0.253 e. The molecule has 1 aliphatic carbocycles. The number of nitrogens with one attached hydrogen (secondary N) is 1. The van der Waals surface area contributed by atoms with Gasteiger partial charge < -0.3 is 5.32 Å². The van der Waals surface area contributed by atoms with Crippen LogP contribution in [0.2, 0.25) is 0 Å². The Labute approximate surface area is 135 Å². The quantitative estimate of drug-likeness (QED) is 0.711. The monoisotopic (exact) mass is 304 g/mol. The SMILES string of the molecule is O=C(NC1CCCCC1)c1cc2ccccc2c2cccnc12. The molecule has 0 atom stereocenters. The minimum absolute atomic E-state index is 0.00588. The van der Waals surface area contributed by atoms with Crippen molar-refractivity contribution in [2.75, 3.05) is 0 Å². The van der Waals surface area contributed by atoms with Crippen LogP contribution in [0, 0.1) is 0 Å². The zero-order valence-electron chi connectivity index (χ0n) is 13.1. The molecule has 1 N–H and O–H groups in total. The summed E-state index contributed by atoms with van der Waals surface area (Å²) in [4.78, 5) is 17.3. The largest absolute Gasteiger partial charge is 0.349 e. The maximum atomic E-state index is 12.8. The van der Waals surface area contributed by atoms with Crippen molar-refractivity contribution >= 4 is 27.6 Å². The van der Waals surface area contributed by atoms with E-state index in [0.29, 0.717) is 11.6 Å². The van der Waals surface area contributed by atoms with Crippen molar-refractivity contribution in [1.82, 2.24) is 10.3 Å². The summed E-state index contributed by atoms with van der Waals surface area (Å²) in [5.41, 5.74) is 1.48. The average Bonchev–Trinajstić information content (AvgIpc) is 2.62. The van der Waals surface area contributed by atoms with E-state index in [1.54, 1.807) is 6.20 Å². The molecule has 116 valence electrons. The Morgan fingerprint density at radius 2 is 1.78 bits per heavy atom. The third-order valence-electron chi connectivity index (χ3n) is 4.80. The summed E-state index contributed by atoms with van der Waals surface area (Å²) >= 11 is 0. The first kappa shape index (κ1) is 14.2. The number of aromatic nitrogens is 1. The van der Waals surface area contributed by atoms with E-state index < -0.39 is 0 Å². The molecule has 1 aliphatic rings. The molecule has 1 amide bonds. The number of pyridine rings is 1. The molecule has 23 heavy (non-hydrogen) atoms. The number of hydrogen-bond acceptors (Lipinski definition) is 2. The second-order valence-corrected chi connectivity index (χ2v) is 6.35. The number of nitrogens with zero attached hydrogens (tertiary/aromatic N) is 1. The molecule has 1 fully saturated rings. The Bertz CT molecular complexity index is 866. The predicted octanol–water partition coefficient (Wildman–Crippen LogP) is 4.45. The Balaban J connectivity index is 1.79. The molecule has 3 nitrogen and oxygen atoms in total. The predicted molar refractivity (Wildman–Crippen MR) is 93.6 cm³/mol. The molecule has 0 aliphatic heterocycles. The summed E-state index contributed by atoms with van der Waals surface area (Å²) in [6, 6.07) is 14.4. The van der Waals surface area contributed by atoms with Gasteiger partial charge in [0.25, 0.3) is 5.91 Å². The first-order chi connectivity index (χ1) is 11.3. The van der Waals surface area contributed by atoms with Gasteiger partial charge in [-0.2, -0.15) is 0 Å². The lowest BCUT2D eigenvalue weighted by molar-refractivity contribution is 0.0929. The van der Waals surface area contributed by atoms with Crippen molar-refractivity contribution in [1.29, 1.82) is 0 Å². The number of hydrogen-bond donors (Lipinski definition) is 1. The summed E-state index contributed by atoms with van der Waals surface area (Å²) in [6.45, 7) is 0. The lowest BCUT2D eigenvalue weighted by atomic mass is 9.94. The van der Waals surface area contributed by atoms with Gasteiger partial charge in [-0.25, -0.2) is 0 Å². The standard InChI is InChI=1S/C20H20N2O/c23-20(22-15-8-2-1-3-9-15)18-13-14-7-4-5-10-16(14)17-11-6-12-21-19(17)18/h4-7,10-13,15H,1-3,8-9H2,(H,22,23). The van der Waals surface area contributed by atoms with Crippen LogP contribution in [0.3, 0.4) is 0 Å². The molecule has 3 heteroatoms. The molecule has 0 radical (unpaired) electrons. The van der Waals surface area contributed by atoms with Crippen molar-refractivity contribution in [3.05, 3.63) is 54.2 Å². The highest BCUT2D eigenvalue weighted by atomic mass is 16.1. The van der Waals surface area contributed by atoms with Crippen molar-refractivity contribution in [3.8, 4) is 0 Å². The van der Waals surface area contributed by atoms with Gasteiger partial charge in [-0.1, -0.05) is 49.6 Å². The molecular weight excluding hydrogens is 284 g/mol. The molecule has 4 rings (SSSR count). The average molecular weight is 304 g/mol. The van der Waals surface area contributed by atoms with E-state index in [4.69, 9.17) is 0 Å². The fourth-order valence-corrected chi connectivity index (χ4v) is 3.61. The van der Waals surface area contributed by atoms with Gasteiger partial charge in [-0.3, -0.25) is 9.78 Å². The van der Waals surface area contributed by atoms with Crippen LogP contribution < -0.4 is 5.32 Å². The zero-order valence-corrected chi connectivity index (χ0v) is 13.1. The molecule has 0 bridgehead atoms. The van der Waals surface area contributed by atoms with Gasteiger partial charge in [-0.15, -0.1) is 0 Å². The summed E-state index contributed by atoms with van der Waals surface area (Å²) in [6.07, 6.45) is 7.64. The van der Waals surface area contributed by atoms with Crippen LogP contribution in [-0.4, -0.2) is 16.9 Å². The minimum atomic E-state index is 0.00588. The number of amides is 1. The molecule has 0 saturated heterocycles. The highest BCUT2D eigenvalue weighted by Gasteiger charge is 2.19. The molecule has 0 unspecified atom stereocenters. The fourth-order valence-electron chi connectivity index (χ4n) is 3.61. The van der Waals surface area contributed by atoms with Crippen LogP contribution in [0.25, 0.3) is 21.7 Å². The lowest BCUT2D eigenvalue weighted by Gasteiger charge is -2.23.